The summed E-state index contributed by atoms with van der Waals surface area (Å²) in [6.45, 7) is 2.71. The maximum Gasteiger partial charge on any atom is 0.326 e. The van der Waals surface area contributed by atoms with Gasteiger partial charge in [-0.1, -0.05) is 30.3 Å². The van der Waals surface area contributed by atoms with Crippen LogP contribution in [0.5, 0.6) is 0 Å². The normalized spacial score (nSPS) is 11.6. The van der Waals surface area contributed by atoms with Crippen molar-refractivity contribution in [3.8, 4) is 11.4 Å². The van der Waals surface area contributed by atoms with Crippen LogP contribution in [-0.2, 0) is 20.9 Å². The number of aromatic nitrogens is 4. The Morgan fingerprint density at radius 3 is 2.58 bits per heavy atom. The number of carboxylic acids is 1. The van der Waals surface area contributed by atoms with Crippen molar-refractivity contribution in [3.63, 3.8) is 0 Å². The molecule has 0 aliphatic carbocycles. The van der Waals surface area contributed by atoms with Crippen molar-refractivity contribution in [3.05, 3.63) is 30.3 Å². The second-order valence-corrected chi connectivity index (χ2v) is 5.59. The third-order valence-corrected chi connectivity index (χ3v) is 3.63. The van der Waals surface area contributed by atoms with E-state index in [9.17, 15) is 19.5 Å². The SMILES string of the molecule is CC(=O)NCCN(C(=O)Cn1nnc(-c2ccccc2)n1)C(C)C(=O)O. The number of carboxylic acid groups (broad SMARTS) is 1. The number of tetrazole rings is 1. The summed E-state index contributed by atoms with van der Waals surface area (Å²) in [6, 6.07) is 8.11. The molecule has 138 valence electrons. The van der Waals surface area contributed by atoms with Gasteiger partial charge < -0.3 is 15.3 Å². The van der Waals surface area contributed by atoms with E-state index in [4.69, 9.17) is 0 Å². The van der Waals surface area contributed by atoms with Crippen LogP contribution in [0.1, 0.15) is 13.8 Å². The Labute approximate surface area is 149 Å². The summed E-state index contributed by atoms with van der Waals surface area (Å²) in [5.41, 5.74) is 0.757. The van der Waals surface area contributed by atoms with Crippen LogP contribution in [0.15, 0.2) is 30.3 Å². The van der Waals surface area contributed by atoms with Crippen LogP contribution in [0, 0.1) is 0 Å². The smallest absolute Gasteiger partial charge is 0.326 e. The van der Waals surface area contributed by atoms with Crippen molar-refractivity contribution < 1.29 is 19.5 Å². The van der Waals surface area contributed by atoms with Crippen molar-refractivity contribution in [1.29, 1.82) is 0 Å². The van der Waals surface area contributed by atoms with Crippen LogP contribution in [0.3, 0.4) is 0 Å². The quantitative estimate of drug-likeness (QED) is 0.665. The second kappa shape index (κ2) is 8.70. The van der Waals surface area contributed by atoms with E-state index in [0.29, 0.717) is 5.82 Å². The largest absolute Gasteiger partial charge is 0.480 e. The number of hydrogen-bond donors (Lipinski definition) is 2. The molecule has 26 heavy (non-hydrogen) atoms. The first-order valence-corrected chi connectivity index (χ1v) is 7.98. The standard InChI is InChI=1S/C16H20N6O4/c1-11(16(25)26)21(9-8-17-12(2)23)14(24)10-22-19-15(18-20-22)13-6-4-3-5-7-13/h3-7,11H,8-10H2,1-2H3,(H,17,23)(H,25,26). The fourth-order valence-electron chi connectivity index (χ4n) is 2.24. The molecule has 0 saturated heterocycles. The first kappa shape index (κ1) is 19.0. The molecule has 0 spiro atoms. The number of carbonyl (C=O) groups is 3. The van der Waals surface area contributed by atoms with Gasteiger partial charge in [-0.05, 0) is 12.1 Å². The summed E-state index contributed by atoms with van der Waals surface area (Å²) in [6.07, 6.45) is 0. The van der Waals surface area contributed by atoms with Gasteiger partial charge in [0.05, 0.1) is 0 Å². The molecule has 2 amide bonds. The minimum Gasteiger partial charge on any atom is -0.480 e. The first-order chi connectivity index (χ1) is 12.4. The van der Waals surface area contributed by atoms with Crippen LogP contribution in [0.4, 0.5) is 0 Å². The second-order valence-electron chi connectivity index (χ2n) is 5.59. The van der Waals surface area contributed by atoms with Gasteiger partial charge in [0.2, 0.25) is 17.6 Å². The van der Waals surface area contributed by atoms with Gasteiger partial charge in [-0.25, -0.2) is 4.79 Å². The van der Waals surface area contributed by atoms with Crippen molar-refractivity contribution in [2.45, 2.75) is 26.4 Å². The molecular formula is C16H20N6O4. The van der Waals surface area contributed by atoms with Crippen LogP contribution < -0.4 is 5.32 Å². The van der Waals surface area contributed by atoms with Crippen molar-refractivity contribution in [2.24, 2.45) is 0 Å². The predicted molar refractivity (Wildman–Crippen MR) is 90.7 cm³/mol. The average Bonchev–Trinajstić information content (AvgIpc) is 3.07. The zero-order valence-electron chi connectivity index (χ0n) is 14.5. The molecule has 10 heteroatoms. The van der Waals surface area contributed by atoms with Crippen molar-refractivity contribution >= 4 is 17.8 Å². The van der Waals surface area contributed by atoms with Gasteiger partial charge in [0, 0.05) is 25.6 Å². The molecule has 1 heterocycles. The van der Waals surface area contributed by atoms with Crippen LogP contribution in [0.2, 0.25) is 0 Å². The van der Waals surface area contributed by atoms with E-state index < -0.39 is 17.9 Å². The Bertz CT molecular complexity index is 776. The number of nitrogens with zero attached hydrogens (tertiary/aromatic N) is 5. The molecule has 1 aromatic heterocycles. The van der Waals surface area contributed by atoms with Gasteiger partial charge in [-0.15, -0.1) is 10.2 Å². The van der Waals surface area contributed by atoms with E-state index >= 15 is 0 Å². The molecular weight excluding hydrogens is 340 g/mol. The highest BCUT2D eigenvalue weighted by atomic mass is 16.4. The average molecular weight is 360 g/mol. The third kappa shape index (κ3) is 5.10. The van der Waals surface area contributed by atoms with E-state index in [1.54, 1.807) is 0 Å². The summed E-state index contributed by atoms with van der Waals surface area (Å²) in [4.78, 5) is 37.0. The molecule has 0 bridgehead atoms. The van der Waals surface area contributed by atoms with Crippen LogP contribution in [-0.4, -0.2) is 67.1 Å². The Balaban J connectivity index is 2.07. The molecule has 0 fully saturated rings. The molecule has 2 aromatic rings. The number of nitrogens with one attached hydrogen (secondary N) is 1. The number of hydrogen-bond acceptors (Lipinski definition) is 6. The van der Waals surface area contributed by atoms with E-state index in [1.807, 2.05) is 30.3 Å². The third-order valence-electron chi connectivity index (χ3n) is 3.63. The Morgan fingerprint density at radius 2 is 1.96 bits per heavy atom. The topological polar surface area (TPSA) is 130 Å². The lowest BCUT2D eigenvalue weighted by molar-refractivity contribution is -0.149. The zero-order chi connectivity index (χ0) is 19.1. The Hall–Kier alpha value is -3.30. The van der Waals surface area contributed by atoms with Gasteiger partial charge in [0.15, 0.2) is 0 Å². The number of aliphatic carboxylic acids is 1. The zero-order valence-corrected chi connectivity index (χ0v) is 14.5. The molecule has 2 rings (SSSR count). The number of rotatable bonds is 8. The van der Waals surface area contributed by atoms with Gasteiger partial charge in [0.25, 0.3) is 0 Å². The highest BCUT2D eigenvalue weighted by Gasteiger charge is 2.26. The summed E-state index contributed by atoms with van der Waals surface area (Å²) in [5.74, 6) is -1.51. The fraction of sp³-hybridized carbons (Fsp3) is 0.375. The number of carbonyl (C=O) groups excluding carboxylic acids is 2. The molecule has 1 unspecified atom stereocenters. The molecule has 1 atom stereocenters. The maximum absolute atomic E-state index is 12.5. The van der Waals surface area contributed by atoms with E-state index in [1.165, 1.54) is 13.8 Å². The minimum absolute atomic E-state index is 0.0616. The minimum atomic E-state index is -1.14. The first-order valence-electron chi connectivity index (χ1n) is 7.98. The Morgan fingerprint density at radius 1 is 1.27 bits per heavy atom. The highest BCUT2D eigenvalue weighted by Crippen LogP contribution is 2.12. The molecule has 1 aromatic carbocycles. The monoisotopic (exact) mass is 360 g/mol. The summed E-state index contributed by atoms with van der Waals surface area (Å²) in [7, 11) is 0. The molecule has 0 saturated carbocycles. The molecule has 2 N–H and O–H groups in total. The van der Waals surface area contributed by atoms with E-state index in [2.05, 4.69) is 20.7 Å². The predicted octanol–water partition coefficient (Wildman–Crippen LogP) is -0.222. The lowest BCUT2D eigenvalue weighted by Gasteiger charge is -2.26. The maximum atomic E-state index is 12.5. The van der Waals surface area contributed by atoms with Crippen molar-refractivity contribution in [1.82, 2.24) is 30.4 Å². The molecule has 0 aliphatic heterocycles. The summed E-state index contributed by atoms with van der Waals surface area (Å²) in [5, 5.41) is 23.6. The van der Waals surface area contributed by atoms with Gasteiger partial charge in [-0.2, -0.15) is 4.80 Å². The van der Waals surface area contributed by atoms with E-state index in [0.717, 1.165) is 15.3 Å². The van der Waals surface area contributed by atoms with Gasteiger partial charge >= 0.3 is 5.97 Å². The molecule has 0 radical (unpaired) electrons. The number of benzene rings is 1. The number of amides is 2. The fourth-order valence-corrected chi connectivity index (χ4v) is 2.24. The van der Waals surface area contributed by atoms with Crippen molar-refractivity contribution in [2.75, 3.05) is 13.1 Å². The lowest BCUT2D eigenvalue weighted by atomic mass is 10.2. The molecule has 0 aliphatic rings. The summed E-state index contributed by atoms with van der Waals surface area (Å²) < 4.78 is 0. The van der Waals surface area contributed by atoms with Crippen LogP contribution in [0.25, 0.3) is 11.4 Å². The van der Waals surface area contributed by atoms with Gasteiger partial charge in [-0.3, -0.25) is 9.59 Å². The summed E-state index contributed by atoms with van der Waals surface area (Å²) >= 11 is 0. The highest BCUT2D eigenvalue weighted by molar-refractivity contribution is 5.83. The van der Waals surface area contributed by atoms with Gasteiger partial charge in [0.1, 0.15) is 12.6 Å². The lowest BCUT2D eigenvalue weighted by Crippen LogP contribution is -2.48. The van der Waals surface area contributed by atoms with Crippen LogP contribution >= 0.6 is 0 Å². The van der Waals surface area contributed by atoms with E-state index in [-0.39, 0.29) is 25.5 Å². The Kier molecular flexibility index (Phi) is 6.36. The molecule has 10 nitrogen and oxygen atoms in total.